The third-order valence-corrected chi connectivity index (χ3v) is 12.6. The summed E-state index contributed by atoms with van der Waals surface area (Å²) < 4.78 is 33.0. The lowest BCUT2D eigenvalue weighted by Crippen LogP contribution is -2.46. The fourth-order valence-corrected chi connectivity index (χ4v) is 9.21. The number of amides is 2. The summed E-state index contributed by atoms with van der Waals surface area (Å²) in [5, 5.41) is 40.8. The number of nitrogens with zero attached hydrogens (tertiary/aromatic N) is 6. The molecular formula is C50H58F2N8O6. The maximum absolute atomic E-state index is 16.1. The van der Waals surface area contributed by atoms with Gasteiger partial charge in [0.1, 0.15) is 34.3 Å². The van der Waals surface area contributed by atoms with Crippen LogP contribution in [-0.4, -0.2) is 121 Å². The molecular weight excluding hydrogens is 847 g/mol. The highest BCUT2D eigenvalue weighted by Crippen LogP contribution is 2.43. The standard InChI is InChI=1S/C50H58F2N8O6/c1-29(2)27-59-39-10-8-7-9-34(39)45(61)42(49(59)65)48(64)54-38-25-32(51)24-35(44(38)58-21-17-56(6)18-22-58)31-11-13-40-36(23-31)46(62)43(50(66)60(40)28-30(3)4)47(63)53-33-12-14-41(37(52)26-33)57-19-15-55(5)16-20-57/h7-14,23-26,29-30,49,61-62,65H,15-22,27-28H2,1-6H3,(H,53,63)(H,54,64). The molecule has 5 N–H and O–H groups in total. The molecule has 0 spiro atoms. The van der Waals surface area contributed by atoms with Crippen molar-refractivity contribution in [1.82, 2.24) is 14.4 Å². The zero-order valence-electron chi connectivity index (χ0n) is 38.2. The average molecular weight is 905 g/mol. The van der Waals surface area contributed by atoms with E-state index in [-0.39, 0.29) is 40.7 Å². The van der Waals surface area contributed by atoms with Gasteiger partial charge in [0.2, 0.25) is 0 Å². The van der Waals surface area contributed by atoms with Crippen LogP contribution in [0.1, 0.15) is 43.6 Å². The number of para-hydroxylation sites is 1. The second-order valence-electron chi connectivity index (χ2n) is 18.5. The molecule has 4 heterocycles. The van der Waals surface area contributed by atoms with Gasteiger partial charge in [-0.05, 0) is 86.1 Å². The molecule has 5 aromatic rings. The topological polar surface area (TPSA) is 157 Å². The highest BCUT2D eigenvalue weighted by atomic mass is 19.1. The van der Waals surface area contributed by atoms with Gasteiger partial charge in [0.25, 0.3) is 17.4 Å². The van der Waals surface area contributed by atoms with Crippen molar-refractivity contribution in [2.24, 2.45) is 11.8 Å². The van der Waals surface area contributed by atoms with Crippen molar-refractivity contribution < 1.29 is 33.7 Å². The number of halogens is 2. The van der Waals surface area contributed by atoms with Crippen LogP contribution in [0.3, 0.4) is 0 Å². The highest BCUT2D eigenvalue weighted by Gasteiger charge is 2.37. The fraction of sp³-hybridized carbons (Fsp3) is 0.380. The Morgan fingerprint density at radius 3 is 2.03 bits per heavy atom. The first-order valence-corrected chi connectivity index (χ1v) is 22.5. The number of benzene rings is 4. The van der Waals surface area contributed by atoms with Crippen LogP contribution in [0.25, 0.3) is 27.8 Å². The Kier molecular flexibility index (Phi) is 13.1. The van der Waals surface area contributed by atoms with Crippen LogP contribution < -0.4 is 30.9 Å². The lowest BCUT2D eigenvalue weighted by Gasteiger charge is -2.38. The number of aliphatic hydroxyl groups excluding tert-OH is 2. The summed E-state index contributed by atoms with van der Waals surface area (Å²) in [4.78, 5) is 52.6. The summed E-state index contributed by atoms with van der Waals surface area (Å²) in [5.74, 6) is -3.95. The molecule has 1 unspecified atom stereocenters. The van der Waals surface area contributed by atoms with E-state index in [9.17, 15) is 29.7 Å². The van der Waals surface area contributed by atoms with E-state index in [1.165, 1.54) is 22.8 Å². The maximum atomic E-state index is 16.1. The monoisotopic (exact) mass is 904 g/mol. The van der Waals surface area contributed by atoms with Gasteiger partial charge in [0, 0.05) is 93.3 Å². The lowest BCUT2D eigenvalue weighted by atomic mass is 9.96. The molecule has 66 heavy (non-hydrogen) atoms. The molecule has 2 amide bonds. The summed E-state index contributed by atoms with van der Waals surface area (Å²) in [6.07, 6.45) is -1.51. The Labute approximate surface area is 382 Å². The minimum Gasteiger partial charge on any atom is -0.507 e. The molecule has 3 aliphatic rings. The maximum Gasteiger partial charge on any atom is 0.267 e. The molecule has 16 heteroatoms. The number of carbonyl (C=O) groups is 2. The second kappa shape index (κ2) is 18.8. The van der Waals surface area contributed by atoms with E-state index >= 15 is 8.78 Å². The number of nitrogens with one attached hydrogen (secondary N) is 2. The van der Waals surface area contributed by atoms with E-state index in [0.717, 1.165) is 13.1 Å². The average Bonchev–Trinajstić information content (AvgIpc) is 3.27. The molecule has 2 fully saturated rings. The van der Waals surface area contributed by atoms with Crippen LogP contribution in [-0.2, 0) is 11.3 Å². The van der Waals surface area contributed by atoms with Gasteiger partial charge in [-0.1, -0.05) is 45.9 Å². The molecule has 1 aromatic heterocycles. The normalized spacial score (nSPS) is 17.3. The van der Waals surface area contributed by atoms with E-state index in [0.29, 0.717) is 85.1 Å². The quantitative estimate of drug-likeness (QED) is 0.0954. The van der Waals surface area contributed by atoms with Gasteiger partial charge in [-0.15, -0.1) is 0 Å². The van der Waals surface area contributed by atoms with Crippen molar-refractivity contribution in [3.63, 3.8) is 0 Å². The van der Waals surface area contributed by atoms with Gasteiger partial charge in [0.15, 0.2) is 6.23 Å². The number of fused-ring (bicyclic) bond motifs is 2. The minimum atomic E-state index is -1.51. The Hall–Kier alpha value is -6.49. The minimum absolute atomic E-state index is 0.0522. The van der Waals surface area contributed by atoms with Crippen molar-refractivity contribution in [3.8, 4) is 16.9 Å². The van der Waals surface area contributed by atoms with Gasteiger partial charge >= 0.3 is 0 Å². The zero-order valence-corrected chi connectivity index (χ0v) is 38.2. The Bertz CT molecular complexity index is 2780. The summed E-state index contributed by atoms with van der Waals surface area (Å²) in [6, 6.07) is 18.7. The van der Waals surface area contributed by atoms with Crippen LogP contribution in [0.5, 0.6) is 5.75 Å². The van der Waals surface area contributed by atoms with Crippen molar-refractivity contribution in [2.45, 2.75) is 40.5 Å². The third-order valence-electron chi connectivity index (χ3n) is 12.6. The van der Waals surface area contributed by atoms with Crippen molar-refractivity contribution in [3.05, 3.63) is 111 Å². The third kappa shape index (κ3) is 9.04. The van der Waals surface area contributed by atoms with Crippen LogP contribution in [0, 0.1) is 23.5 Å². The lowest BCUT2D eigenvalue weighted by molar-refractivity contribution is -0.113. The van der Waals surface area contributed by atoms with E-state index in [2.05, 4.69) is 20.4 Å². The molecule has 8 rings (SSSR count). The number of pyridine rings is 1. The number of piperazine rings is 2. The summed E-state index contributed by atoms with van der Waals surface area (Å²) >= 11 is 0. The first-order chi connectivity index (χ1) is 31.5. The SMILES string of the molecule is CC(C)CN1c2ccccc2C(O)=C(C(=O)Nc2cc(F)cc(-c3ccc4c(c3)c(O)c(C(=O)Nc3ccc(N5CCN(C)CC5)c(F)c3)c(=O)n4CC(C)C)c2N2CCN(C)CC2)C1O. The van der Waals surface area contributed by atoms with Gasteiger partial charge in [0.05, 0.1) is 22.6 Å². The summed E-state index contributed by atoms with van der Waals surface area (Å²) in [6.45, 7) is 13.5. The molecule has 3 aliphatic heterocycles. The van der Waals surface area contributed by atoms with E-state index in [1.54, 1.807) is 59.5 Å². The van der Waals surface area contributed by atoms with Gasteiger partial charge in [-0.3, -0.25) is 14.4 Å². The predicted octanol–water partition coefficient (Wildman–Crippen LogP) is 6.77. The number of rotatable bonds is 11. The van der Waals surface area contributed by atoms with Crippen molar-refractivity contribution in [1.29, 1.82) is 0 Å². The smallest absolute Gasteiger partial charge is 0.267 e. The highest BCUT2D eigenvalue weighted by molar-refractivity contribution is 6.13. The number of carbonyl (C=O) groups excluding carboxylic acids is 2. The number of anilines is 5. The predicted molar refractivity (Wildman–Crippen MR) is 257 cm³/mol. The molecule has 0 saturated carbocycles. The van der Waals surface area contributed by atoms with E-state index in [4.69, 9.17) is 0 Å². The number of aromatic nitrogens is 1. The number of hydrogen-bond donors (Lipinski definition) is 5. The number of aromatic hydroxyl groups is 1. The van der Waals surface area contributed by atoms with E-state index in [1.807, 2.05) is 51.6 Å². The van der Waals surface area contributed by atoms with Crippen LogP contribution >= 0.6 is 0 Å². The van der Waals surface area contributed by atoms with Crippen LogP contribution in [0.2, 0.25) is 0 Å². The molecule has 0 bridgehead atoms. The molecule has 0 radical (unpaired) electrons. The number of aliphatic hydroxyl groups is 2. The molecule has 14 nitrogen and oxygen atoms in total. The van der Waals surface area contributed by atoms with Gasteiger partial charge < -0.3 is 55.0 Å². The van der Waals surface area contributed by atoms with E-state index < -0.39 is 52.3 Å². The molecule has 348 valence electrons. The number of hydrogen-bond acceptors (Lipinski definition) is 11. The van der Waals surface area contributed by atoms with Crippen LogP contribution in [0.15, 0.2) is 83.2 Å². The van der Waals surface area contributed by atoms with Crippen LogP contribution in [0.4, 0.5) is 37.2 Å². The molecule has 1 atom stereocenters. The first kappa shape index (κ1) is 46.1. The Balaban J connectivity index is 1.21. The molecule has 0 aliphatic carbocycles. The van der Waals surface area contributed by atoms with Gasteiger partial charge in [-0.2, -0.15) is 0 Å². The zero-order chi connectivity index (χ0) is 47.1. The largest absolute Gasteiger partial charge is 0.507 e. The van der Waals surface area contributed by atoms with Crippen molar-refractivity contribution >= 4 is 56.9 Å². The second-order valence-corrected chi connectivity index (χ2v) is 18.5. The molecule has 2 saturated heterocycles. The summed E-state index contributed by atoms with van der Waals surface area (Å²) in [7, 11) is 4.00. The van der Waals surface area contributed by atoms with Crippen molar-refractivity contribution in [2.75, 3.05) is 98.3 Å². The van der Waals surface area contributed by atoms with Gasteiger partial charge in [-0.25, -0.2) is 8.78 Å². The first-order valence-electron chi connectivity index (χ1n) is 22.5. The number of likely N-dealkylation sites (N-methyl/N-ethyl adjacent to an activating group) is 2. The summed E-state index contributed by atoms with van der Waals surface area (Å²) in [5.41, 5.74) is 1.50. The Morgan fingerprint density at radius 1 is 0.727 bits per heavy atom. The fourth-order valence-electron chi connectivity index (χ4n) is 9.21. The Morgan fingerprint density at radius 2 is 1.38 bits per heavy atom. The molecule has 4 aromatic carbocycles.